The Labute approximate surface area is 193 Å². The fraction of sp³-hybridized carbons (Fsp3) is 0.308. The van der Waals surface area contributed by atoms with Crippen LogP contribution >= 0.6 is 0 Å². The summed E-state index contributed by atoms with van der Waals surface area (Å²) in [5.74, 6) is -0.610. The molecule has 0 aliphatic rings. The molecule has 0 bridgehead atoms. The predicted molar refractivity (Wildman–Crippen MR) is 130 cm³/mol. The fourth-order valence-corrected chi connectivity index (χ4v) is 3.50. The number of benzene rings is 2. The largest absolute Gasteiger partial charge is 0.491 e. The van der Waals surface area contributed by atoms with Gasteiger partial charge in [0.15, 0.2) is 0 Å². The van der Waals surface area contributed by atoms with Crippen LogP contribution in [0.3, 0.4) is 0 Å². The van der Waals surface area contributed by atoms with E-state index in [-0.39, 0.29) is 18.9 Å². The number of aliphatic carboxylic acids is 1. The van der Waals surface area contributed by atoms with E-state index in [1.165, 1.54) is 0 Å². The van der Waals surface area contributed by atoms with Gasteiger partial charge in [-0.1, -0.05) is 18.2 Å². The molecule has 33 heavy (non-hydrogen) atoms. The third-order valence-corrected chi connectivity index (χ3v) is 5.19. The van der Waals surface area contributed by atoms with Crippen LogP contribution in [0.1, 0.15) is 32.3 Å². The van der Waals surface area contributed by atoms with Crippen molar-refractivity contribution in [2.75, 3.05) is 25.1 Å². The van der Waals surface area contributed by atoms with Gasteiger partial charge >= 0.3 is 5.97 Å². The van der Waals surface area contributed by atoms with Crippen molar-refractivity contribution in [1.29, 1.82) is 0 Å². The molecule has 0 unspecified atom stereocenters. The number of aromatic nitrogens is 1. The number of hydrogen-bond acceptors (Lipinski definition) is 4. The average molecular weight is 451 g/mol. The van der Waals surface area contributed by atoms with Crippen LogP contribution in [-0.4, -0.2) is 41.4 Å². The van der Waals surface area contributed by atoms with Crippen molar-refractivity contribution in [1.82, 2.24) is 4.57 Å². The van der Waals surface area contributed by atoms with Crippen molar-refractivity contribution in [3.8, 4) is 5.75 Å². The lowest BCUT2D eigenvalue weighted by Crippen LogP contribution is -2.11. The summed E-state index contributed by atoms with van der Waals surface area (Å²) in [6, 6.07) is 15.3. The molecule has 7 nitrogen and oxygen atoms in total. The summed E-state index contributed by atoms with van der Waals surface area (Å²) in [7, 11) is 0. The Balaban J connectivity index is 1.66. The molecule has 3 aromatic rings. The quantitative estimate of drug-likeness (QED) is 0.301. The number of nitrogens with zero attached hydrogens (tertiary/aromatic N) is 1. The van der Waals surface area contributed by atoms with Crippen molar-refractivity contribution in [3.63, 3.8) is 0 Å². The molecule has 0 radical (unpaired) electrons. The van der Waals surface area contributed by atoms with E-state index in [0.717, 1.165) is 28.6 Å². The highest BCUT2D eigenvalue weighted by molar-refractivity contribution is 6.04. The fourth-order valence-electron chi connectivity index (χ4n) is 3.50. The van der Waals surface area contributed by atoms with Crippen LogP contribution in [0.15, 0.2) is 60.8 Å². The molecule has 1 aromatic heterocycles. The van der Waals surface area contributed by atoms with Gasteiger partial charge in [-0.15, -0.1) is 0 Å². The molecule has 1 heterocycles. The summed E-state index contributed by atoms with van der Waals surface area (Å²) in [6.07, 6.45) is 4.05. The van der Waals surface area contributed by atoms with Gasteiger partial charge in [0.25, 0.3) is 0 Å². The molecule has 0 saturated carbocycles. The zero-order valence-electron chi connectivity index (χ0n) is 19.0. The van der Waals surface area contributed by atoms with Gasteiger partial charge in [0.05, 0.1) is 18.9 Å². The van der Waals surface area contributed by atoms with Gasteiger partial charge in [0.2, 0.25) is 5.91 Å². The van der Waals surface area contributed by atoms with Crippen molar-refractivity contribution in [2.24, 2.45) is 0 Å². The first kappa shape index (κ1) is 24.1. The van der Waals surface area contributed by atoms with Gasteiger partial charge in [0.1, 0.15) is 5.75 Å². The first-order valence-corrected chi connectivity index (χ1v) is 11.1. The van der Waals surface area contributed by atoms with E-state index in [1.54, 1.807) is 30.3 Å². The summed E-state index contributed by atoms with van der Waals surface area (Å²) < 4.78 is 13.3. The lowest BCUT2D eigenvalue weighted by Gasteiger charge is -2.11. The average Bonchev–Trinajstić information content (AvgIpc) is 3.20. The van der Waals surface area contributed by atoms with Crippen molar-refractivity contribution < 1.29 is 24.2 Å². The number of hydrogen-bond donors (Lipinski definition) is 2. The van der Waals surface area contributed by atoms with Crippen LogP contribution in [0, 0.1) is 0 Å². The third kappa shape index (κ3) is 6.95. The normalized spacial score (nSPS) is 11.5. The summed E-state index contributed by atoms with van der Waals surface area (Å²) in [5, 5.41) is 12.7. The van der Waals surface area contributed by atoms with E-state index < -0.39 is 5.97 Å². The minimum atomic E-state index is -0.860. The maximum Gasteiger partial charge on any atom is 0.303 e. The summed E-state index contributed by atoms with van der Waals surface area (Å²) in [6.45, 7) is 6.33. The second-order valence-corrected chi connectivity index (χ2v) is 7.64. The molecule has 0 fully saturated rings. The van der Waals surface area contributed by atoms with E-state index in [9.17, 15) is 9.59 Å². The maximum absolute atomic E-state index is 12.6. The summed E-state index contributed by atoms with van der Waals surface area (Å²) in [4.78, 5) is 23.3. The van der Waals surface area contributed by atoms with Crippen LogP contribution in [0.2, 0.25) is 0 Å². The molecular weight excluding hydrogens is 420 g/mol. The molecule has 0 atom stereocenters. The molecule has 0 saturated heterocycles. The van der Waals surface area contributed by atoms with Crippen LogP contribution in [-0.2, 0) is 20.9 Å². The number of rotatable bonds is 12. The zero-order chi connectivity index (χ0) is 23.6. The van der Waals surface area contributed by atoms with Gasteiger partial charge in [-0.2, -0.15) is 0 Å². The number of carboxylic acids is 1. The van der Waals surface area contributed by atoms with Gasteiger partial charge < -0.3 is 24.5 Å². The molecule has 3 rings (SSSR count). The van der Waals surface area contributed by atoms with Gasteiger partial charge in [-0.05, 0) is 61.7 Å². The number of carbonyl (C=O) groups excluding carboxylic acids is 1. The Hall–Kier alpha value is -3.58. The van der Waals surface area contributed by atoms with Gasteiger partial charge in [-0.3, -0.25) is 9.59 Å². The van der Waals surface area contributed by atoms with Crippen LogP contribution in [0.25, 0.3) is 16.5 Å². The number of allylic oxidation sites excluding steroid dienone is 1. The van der Waals surface area contributed by atoms with Crippen molar-refractivity contribution in [3.05, 3.63) is 66.4 Å². The molecule has 2 aromatic carbocycles. The lowest BCUT2D eigenvalue weighted by atomic mass is 10.0. The van der Waals surface area contributed by atoms with E-state index in [1.807, 2.05) is 26.1 Å². The van der Waals surface area contributed by atoms with E-state index in [2.05, 4.69) is 28.1 Å². The third-order valence-electron chi connectivity index (χ3n) is 5.19. The highest BCUT2D eigenvalue weighted by Crippen LogP contribution is 2.25. The molecule has 0 aliphatic heterocycles. The first-order chi connectivity index (χ1) is 16.0. The monoisotopic (exact) mass is 450 g/mol. The van der Waals surface area contributed by atoms with Gasteiger partial charge in [-0.25, -0.2) is 0 Å². The number of amides is 1. The number of nitrogens with one attached hydrogen (secondary N) is 1. The second kappa shape index (κ2) is 11.9. The first-order valence-electron chi connectivity index (χ1n) is 11.1. The number of carbonyl (C=O) groups is 2. The Morgan fingerprint density at radius 1 is 1.12 bits per heavy atom. The lowest BCUT2D eigenvalue weighted by molar-refractivity contribution is -0.137. The number of anilines is 1. The minimum Gasteiger partial charge on any atom is -0.491 e. The highest BCUT2D eigenvalue weighted by Gasteiger charge is 2.09. The van der Waals surface area contributed by atoms with Crippen molar-refractivity contribution >= 4 is 34.0 Å². The minimum absolute atomic E-state index is 0.0384. The molecular formula is C26H30N2O5. The summed E-state index contributed by atoms with van der Waals surface area (Å²) in [5.41, 5.74) is 3.49. The van der Waals surface area contributed by atoms with Crippen LogP contribution < -0.4 is 10.1 Å². The Bertz CT molecular complexity index is 1130. The highest BCUT2D eigenvalue weighted by atomic mass is 16.5. The standard InChI is InChI=1S/C26H30N2O5/c1-3-32-16-14-28-13-12-21-18-20(10-11-23(21)28)19(2)17-25(29)27-22-7-4-5-8-24(22)33-15-6-9-26(30)31/h4-5,7-8,10-13,17-18H,3,6,9,14-16H2,1-2H3,(H,27,29)(H,30,31). The number of para-hydroxylation sites is 2. The molecule has 1 amide bonds. The zero-order valence-corrected chi connectivity index (χ0v) is 19.0. The van der Waals surface area contributed by atoms with Gasteiger partial charge in [0, 0.05) is 42.7 Å². The Morgan fingerprint density at radius 3 is 2.73 bits per heavy atom. The van der Waals surface area contributed by atoms with E-state index >= 15 is 0 Å². The second-order valence-electron chi connectivity index (χ2n) is 7.64. The topological polar surface area (TPSA) is 89.8 Å². The van der Waals surface area contributed by atoms with Crippen LogP contribution in [0.5, 0.6) is 5.75 Å². The van der Waals surface area contributed by atoms with E-state index in [4.69, 9.17) is 14.6 Å². The SMILES string of the molecule is CCOCCn1ccc2cc(C(C)=CC(=O)Nc3ccccc3OCCCC(=O)O)ccc21. The molecule has 2 N–H and O–H groups in total. The number of ether oxygens (including phenoxy) is 2. The summed E-state index contributed by atoms with van der Waals surface area (Å²) >= 11 is 0. The Kier molecular flexibility index (Phi) is 8.66. The molecule has 174 valence electrons. The smallest absolute Gasteiger partial charge is 0.303 e. The Morgan fingerprint density at radius 2 is 1.94 bits per heavy atom. The molecule has 7 heteroatoms. The van der Waals surface area contributed by atoms with Crippen LogP contribution in [0.4, 0.5) is 5.69 Å². The van der Waals surface area contributed by atoms with E-state index in [0.29, 0.717) is 31.1 Å². The predicted octanol–water partition coefficient (Wildman–Crippen LogP) is 4.96. The van der Waals surface area contributed by atoms with Crippen molar-refractivity contribution in [2.45, 2.75) is 33.2 Å². The molecule has 0 aliphatic carbocycles. The number of fused-ring (bicyclic) bond motifs is 1. The number of carboxylic acid groups (broad SMARTS) is 1. The molecule has 0 spiro atoms. The maximum atomic E-state index is 12.6.